The minimum atomic E-state index is -0.367. The molecule has 0 amide bonds. The van der Waals surface area contributed by atoms with Gasteiger partial charge in [-0.25, -0.2) is 14.8 Å². The molecule has 0 spiro atoms. The highest BCUT2D eigenvalue weighted by Gasteiger charge is 2.16. The second-order valence-corrected chi connectivity index (χ2v) is 6.78. The highest BCUT2D eigenvalue weighted by atomic mass is 16.5. The maximum absolute atomic E-state index is 11.9. The standard InChI is InChI=1S/C22H23N5O2/c1-23-10-11-24-20-19-16-9-8-15(22(28)29-2)13-17(16)25-21(19)27-18(26-20)12-14-6-4-3-5-7-14/h3-9,13,23H,10-12H2,1-2H3,(H2,24,25,26,27). The SMILES string of the molecule is CNCCNc1nc(Cc2ccccc2)nc2[nH]c3cc(C(=O)OC)ccc3c12. The van der Waals surface area contributed by atoms with Crippen LogP contribution in [0, 0.1) is 0 Å². The van der Waals surface area contributed by atoms with Crippen molar-refractivity contribution < 1.29 is 9.53 Å². The lowest BCUT2D eigenvalue weighted by Crippen LogP contribution is -2.18. The summed E-state index contributed by atoms with van der Waals surface area (Å²) in [6, 6.07) is 15.6. The number of nitrogens with one attached hydrogen (secondary N) is 3. The van der Waals surface area contributed by atoms with Gasteiger partial charge in [0.05, 0.1) is 18.1 Å². The van der Waals surface area contributed by atoms with Gasteiger partial charge in [-0.3, -0.25) is 0 Å². The van der Waals surface area contributed by atoms with Gasteiger partial charge in [0.1, 0.15) is 17.3 Å². The quantitative estimate of drug-likeness (QED) is 0.332. The number of nitrogens with zero attached hydrogens (tertiary/aromatic N) is 2. The molecule has 3 N–H and O–H groups in total. The number of benzene rings is 2. The van der Waals surface area contributed by atoms with Crippen LogP contribution in [0.15, 0.2) is 48.5 Å². The molecule has 0 bridgehead atoms. The summed E-state index contributed by atoms with van der Waals surface area (Å²) < 4.78 is 4.83. The number of fused-ring (bicyclic) bond motifs is 3. The number of H-pyrrole nitrogens is 1. The Bertz CT molecular complexity index is 1150. The summed E-state index contributed by atoms with van der Waals surface area (Å²) in [5.41, 5.74) is 3.21. The zero-order valence-electron chi connectivity index (χ0n) is 16.5. The summed E-state index contributed by atoms with van der Waals surface area (Å²) in [6.45, 7) is 1.55. The maximum Gasteiger partial charge on any atom is 0.337 e. The van der Waals surface area contributed by atoms with E-state index >= 15 is 0 Å². The Hall–Kier alpha value is -3.45. The summed E-state index contributed by atoms with van der Waals surface area (Å²) in [5, 5.41) is 8.43. The number of esters is 1. The van der Waals surface area contributed by atoms with Crippen molar-refractivity contribution in [2.24, 2.45) is 0 Å². The molecule has 2 aromatic heterocycles. The van der Waals surface area contributed by atoms with Crippen LogP contribution in [0.3, 0.4) is 0 Å². The van der Waals surface area contributed by atoms with Gasteiger partial charge in [0.25, 0.3) is 0 Å². The summed E-state index contributed by atoms with van der Waals surface area (Å²) in [5.74, 6) is 1.15. The van der Waals surface area contributed by atoms with E-state index in [0.717, 1.165) is 52.2 Å². The fourth-order valence-corrected chi connectivity index (χ4v) is 3.38. The molecule has 4 aromatic rings. The minimum absolute atomic E-state index is 0.367. The van der Waals surface area contributed by atoms with Crippen LogP contribution >= 0.6 is 0 Å². The van der Waals surface area contributed by atoms with E-state index < -0.39 is 0 Å². The predicted octanol–water partition coefficient (Wildman–Crippen LogP) is 3.12. The first-order chi connectivity index (χ1) is 14.2. The maximum atomic E-state index is 11.9. The van der Waals surface area contributed by atoms with E-state index in [1.165, 1.54) is 7.11 Å². The first kappa shape index (κ1) is 18.9. The van der Waals surface area contributed by atoms with Crippen LogP contribution in [0.4, 0.5) is 5.82 Å². The van der Waals surface area contributed by atoms with Crippen LogP contribution in [0.2, 0.25) is 0 Å². The molecule has 29 heavy (non-hydrogen) atoms. The number of anilines is 1. The zero-order chi connectivity index (χ0) is 20.2. The number of likely N-dealkylation sites (N-methyl/N-ethyl adjacent to an activating group) is 1. The third-order valence-corrected chi connectivity index (χ3v) is 4.79. The molecule has 0 radical (unpaired) electrons. The average Bonchev–Trinajstić information content (AvgIpc) is 3.11. The van der Waals surface area contributed by atoms with Crippen molar-refractivity contribution in [2.75, 3.05) is 32.6 Å². The molecule has 7 heteroatoms. The van der Waals surface area contributed by atoms with Crippen molar-refractivity contribution in [1.29, 1.82) is 0 Å². The molecule has 0 saturated carbocycles. The Kier molecular flexibility index (Phi) is 5.39. The van der Waals surface area contributed by atoms with Gasteiger partial charge in [-0.15, -0.1) is 0 Å². The van der Waals surface area contributed by atoms with E-state index in [9.17, 15) is 4.79 Å². The van der Waals surface area contributed by atoms with Crippen LogP contribution in [0.25, 0.3) is 21.9 Å². The van der Waals surface area contributed by atoms with E-state index in [-0.39, 0.29) is 5.97 Å². The average molecular weight is 389 g/mol. The molecule has 0 saturated heterocycles. The predicted molar refractivity (Wildman–Crippen MR) is 114 cm³/mol. The van der Waals surface area contributed by atoms with Gasteiger partial charge in [-0.05, 0) is 24.7 Å². The Labute approximate surface area is 168 Å². The molecule has 0 aliphatic heterocycles. The van der Waals surface area contributed by atoms with Gasteiger partial charge in [-0.1, -0.05) is 36.4 Å². The summed E-state index contributed by atoms with van der Waals surface area (Å²) in [4.78, 5) is 24.8. The third kappa shape index (κ3) is 3.90. The van der Waals surface area contributed by atoms with Crippen LogP contribution in [-0.4, -0.2) is 48.2 Å². The molecule has 0 fully saturated rings. The minimum Gasteiger partial charge on any atom is -0.465 e. The van der Waals surface area contributed by atoms with Gasteiger partial charge in [-0.2, -0.15) is 0 Å². The molecule has 0 atom stereocenters. The van der Waals surface area contributed by atoms with Gasteiger partial charge in [0.2, 0.25) is 0 Å². The summed E-state index contributed by atoms with van der Waals surface area (Å²) in [6.07, 6.45) is 0.639. The number of hydrogen-bond acceptors (Lipinski definition) is 6. The highest BCUT2D eigenvalue weighted by Crippen LogP contribution is 2.30. The first-order valence-corrected chi connectivity index (χ1v) is 9.52. The lowest BCUT2D eigenvalue weighted by Gasteiger charge is -2.09. The highest BCUT2D eigenvalue weighted by molar-refractivity contribution is 6.12. The van der Waals surface area contributed by atoms with Crippen LogP contribution in [0.5, 0.6) is 0 Å². The van der Waals surface area contributed by atoms with Crippen LogP contribution < -0.4 is 10.6 Å². The number of carbonyl (C=O) groups is 1. The van der Waals surface area contributed by atoms with Crippen molar-refractivity contribution in [2.45, 2.75) is 6.42 Å². The molecule has 2 aromatic carbocycles. The van der Waals surface area contributed by atoms with Crippen molar-refractivity contribution in [3.8, 4) is 0 Å². The van der Waals surface area contributed by atoms with Gasteiger partial charge in [0, 0.05) is 30.4 Å². The molecular formula is C22H23N5O2. The Morgan fingerprint density at radius 3 is 2.69 bits per heavy atom. The van der Waals surface area contributed by atoms with Gasteiger partial charge >= 0.3 is 5.97 Å². The number of aromatic nitrogens is 3. The number of ether oxygens (including phenoxy) is 1. The summed E-state index contributed by atoms with van der Waals surface area (Å²) >= 11 is 0. The van der Waals surface area contributed by atoms with E-state index in [4.69, 9.17) is 14.7 Å². The lowest BCUT2D eigenvalue weighted by molar-refractivity contribution is 0.0601. The van der Waals surface area contributed by atoms with E-state index in [1.807, 2.05) is 31.3 Å². The second kappa shape index (κ2) is 8.28. The first-order valence-electron chi connectivity index (χ1n) is 9.52. The van der Waals surface area contributed by atoms with Crippen molar-refractivity contribution in [3.63, 3.8) is 0 Å². The smallest absolute Gasteiger partial charge is 0.337 e. The van der Waals surface area contributed by atoms with E-state index in [0.29, 0.717) is 12.0 Å². The number of methoxy groups -OCH3 is 1. The summed E-state index contributed by atoms with van der Waals surface area (Å²) in [7, 11) is 3.29. The fourth-order valence-electron chi connectivity index (χ4n) is 3.38. The lowest BCUT2D eigenvalue weighted by atomic mass is 10.1. The fraction of sp³-hybridized carbons (Fsp3) is 0.227. The largest absolute Gasteiger partial charge is 0.465 e. The zero-order valence-corrected chi connectivity index (χ0v) is 16.5. The molecule has 7 nitrogen and oxygen atoms in total. The Morgan fingerprint density at radius 1 is 1.10 bits per heavy atom. The molecule has 2 heterocycles. The Balaban J connectivity index is 1.82. The van der Waals surface area contributed by atoms with Crippen LogP contribution in [0.1, 0.15) is 21.7 Å². The van der Waals surface area contributed by atoms with Gasteiger partial charge in [0.15, 0.2) is 0 Å². The molecule has 4 rings (SSSR count). The monoisotopic (exact) mass is 389 g/mol. The topological polar surface area (TPSA) is 91.9 Å². The normalized spacial score (nSPS) is 11.1. The second-order valence-electron chi connectivity index (χ2n) is 6.78. The van der Waals surface area contributed by atoms with E-state index in [1.54, 1.807) is 12.1 Å². The van der Waals surface area contributed by atoms with Crippen LogP contribution in [-0.2, 0) is 11.2 Å². The molecule has 0 aliphatic carbocycles. The van der Waals surface area contributed by atoms with Crippen molar-refractivity contribution in [3.05, 3.63) is 65.5 Å². The Morgan fingerprint density at radius 2 is 1.93 bits per heavy atom. The number of carbonyl (C=O) groups excluding carboxylic acids is 1. The van der Waals surface area contributed by atoms with Crippen molar-refractivity contribution >= 4 is 33.7 Å². The molecular weight excluding hydrogens is 366 g/mol. The molecule has 148 valence electrons. The number of rotatable bonds is 7. The third-order valence-electron chi connectivity index (χ3n) is 4.79. The number of hydrogen-bond donors (Lipinski definition) is 3. The van der Waals surface area contributed by atoms with Crippen molar-refractivity contribution in [1.82, 2.24) is 20.3 Å². The van der Waals surface area contributed by atoms with Gasteiger partial charge < -0.3 is 20.4 Å². The van der Waals surface area contributed by atoms with E-state index in [2.05, 4.69) is 27.8 Å². The number of aromatic amines is 1. The molecule has 0 aliphatic rings. The molecule has 0 unspecified atom stereocenters.